The van der Waals surface area contributed by atoms with Crippen LogP contribution in [0.5, 0.6) is 11.5 Å². The van der Waals surface area contributed by atoms with Crippen molar-refractivity contribution >= 4 is 28.1 Å². The molecular weight excluding hydrogens is 440 g/mol. The molecule has 28 heavy (non-hydrogen) atoms. The van der Waals surface area contributed by atoms with E-state index in [0.717, 1.165) is 27.8 Å². The summed E-state index contributed by atoms with van der Waals surface area (Å²) in [7, 11) is 1.64. The molecular formula is C20H23BrN4O2S. The first-order chi connectivity index (χ1) is 13.5. The first-order valence-electron chi connectivity index (χ1n) is 8.97. The number of H-pyrrole nitrogens is 1. The molecule has 1 heterocycles. The molecule has 3 rings (SSSR count). The van der Waals surface area contributed by atoms with E-state index in [4.69, 9.17) is 21.7 Å². The summed E-state index contributed by atoms with van der Waals surface area (Å²) in [6.45, 7) is 5.14. The summed E-state index contributed by atoms with van der Waals surface area (Å²) in [5.41, 5.74) is 6.66. The number of ether oxygens (including phenoxy) is 2. The number of hydrogen-bond acceptors (Lipinski definition) is 5. The van der Waals surface area contributed by atoms with Crippen LogP contribution < -0.4 is 14.9 Å². The van der Waals surface area contributed by atoms with Crippen LogP contribution in [0.1, 0.15) is 29.4 Å². The van der Waals surface area contributed by atoms with E-state index >= 15 is 0 Å². The summed E-state index contributed by atoms with van der Waals surface area (Å²) in [4.78, 5) is 0. The summed E-state index contributed by atoms with van der Waals surface area (Å²) in [6, 6.07) is 12.1. The number of hydrogen-bond donors (Lipinski definition) is 2. The van der Waals surface area contributed by atoms with E-state index in [-0.39, 0.29) is 0 Å². The molecule has 0 aliphatic heterocycles. The molecule has 0 bridgehead atoms. The van der Waals surface area contributed by atoms with Crippen molar-refractivity contribution in [3.8, 4) is 11.5 Å². The van der Waals surface area contributed by atoms with Gasteiger partial charge >= 0.3 is 0 Å². The molecule has 0 amide bonds. The van der Waals surface area contributed by atoms with Crippen molar-refractivity contribution in [2.45, 2.75) is 33.4 Å². The maximum absolute atomic E-state index is 6.06. The van der Waals surface area contributed by atoms with Gasteiger partial charge in [0, 0.05) is 6.42 Å². The molecule has 0 saturated carbocycles. The lowest BCUT2D eigenvalue weighted by Gasteiger charge is -2.16. The van der Waals surface area contributed by atoms with Crippen molar-refractivity contribution in [2.24, 2.45) is 0 Å². The van der Waals surface area contributed by atoms with Gasteiger partial charge in [0.05, 0.1) is 18.1 Å². The molecule has 0 fully saturated rings. The molecule has 0 spiro atoms. The Hall–Kier alpha value is -2.32. The standard InChI is InChI=1S/C20H23BrN4O2S/c1-4-18-23-24-20(28)25(18)22-11-14-9-16(21)19(17(10-14)26-3)27-12-15-8-6-5-7-13(15)2/h5-10,22H,4,11-12H2,1-3H3,(H,24,28). The van der Waals surface area contributed by atoms with Gasteiger partial charge in [-0.05, 0) is 63.9 Å². The van der Waals surface area contributed by atoms with Gasteiger partial charge in [-0.2, -0.15) is 5.10 Å². The summed E-state index contributed by atoms with van der Waals surface area (Å²) >= 11 is 8.88. The minimum Gasteiger partial charge on any atom is -0.493 e. The predicted molar refractivity (Wildman–Crippen MR) is 116 cm³/mol. The normalized spacial score (nSPS) is 10.7. The van der Waals surface area contributed by atoms with Crippen LogP contribution in [0.3, 0.4) is 0 Å². The second-order valence-electron chi connectivity index (χ2n) is 6.29. The molecule has 0 atom stereocenters. The number of aryl methyl sites for hydroxylation is 2. The number of aromatic amines is 1. The lowest BCUT2D eigenvalue weighted by Crippen LogP contribution is -2.17. The number of nitrogens with one attached hydrogen (secondary N) is 2. The van der Waals surface area contributed by atoms with Crippen molar-refractivity contribution < 1.29 is 9.47 Å². The number of nitrogens with zero attached hydrogens (tertiary/aromatic N) is 2. The molecule has 8 heteroatoms. The summed E-state index contributed by atoms with van der Waals surface area (Å²) < 4.78 is 14.8. The summed E-state index contributed by atoms with van der Waals surface area (Å²) in [5, 5.41) is 7.01. The number of aromatic nitrogens is 3. The SMILES string of the molecule is CCc1n[nH]c(=S)n1NCc1cc(Br)c(OCc2ccccc2C)c(OC)c1. The lowest BCUT2D eigenvalue weighted by atomic mass is 10.1. The Kier molecular flexibility index (Phi) is 6.74. The van der Waals surface area contributed by atoms with Gasteiger partial charge in [0.25, 0.3) is 0 Å². The summed E-state index contributed by atoms with van der Waals surface area (Å²) in [5.74, 6) is 2.21. The third-order valence-electron chi connectivity index (χ3n) is 4.42. The Morgan fingerprint density at radius 2 is 2.07 bits per heavy atom. The van der Waals surface area contributed by atoms with Gasteiger partial charge in [0.15, 0.2) is 17.3 Å². The fraction of sp³-hybridized carbons (Fsp3) is 0.300. The maximum atomic E-state index is 6.06. The second kappa shape index (κ2) is 9.25. The fourth-order valence-electron chi connectivity index (χ4n) is 2.84. The zero-order valence-corrected chi connectivity index (χ0v) is 18.5. The highest BCUT2D eigenvalue weighted by Gasteiger charge is 2.13. The van der Waals surface area contributed by atoms with E-state index in [1.54, 1.807) is 11.8 Å². The minimum absolute atomic E-state index is 0.475. The number of halogens is 1. The average Bonchev–Trinajstić information content (AvgIpc) is 3.05. The Labute approximate surface area is 178 Å². The number of methoxy groups -OCH3 is 1. The third-order valence-corrected chi connectivity index (χ3v) is 5.28. The molecule has 1 aromatic heterocycles. The van der Waals surface area contributed by atoms with Crippen LogP contribution >= 0.6 is 28.1 Å². The highest BCUT2D eigenvalue weighted by Crippen LogP contribution is 2.37. The molecule has 0 unspecified atom stereocenters. The Morgan fingerprint density at radius 1 is 1.29 bits per heavy atom. The first-order valence-corrected chi connectivity index (χ1v) is 10.2. The van der Waals surface area contributed by atoms with Crippen LogP contribution in [0.25, 0.3) is 0 Å². The maximum Gasteiger partial charge on any atom is 0.214 e. The van der Waals surface area contributed by atoms with E-state index in [1.807, 2.05) is 31.2 Å². The Bertz CT molecular complexity index is 1020. The van der Waals surface area contributed by atoms with E-state index in [0.29, 0.717) is 29.4 Å². The largest absolute Gasteiger partial charge is 0.493 e. The molecule has 6 nitrogen and oxygen atoms in total. The van der Waals surface area contributed by atoms with Crippen LogP contribution in [-0.2, 0) is 19.6 Å². The highest BCUT2D eigenvalue weighted by atomic mass is 79.9. The van der Waals surface area contributed by atoms with Crippen molar-refractivity contribution in [3.05, 3.63) is 68.2 Å². The van der Waals surface area contributed by atoms with Crippen LogP contribution in [0.15, 0.2) is 40.9 Å². The van der Waals surface area contributed by atoms with Crippen molar-refractivity contribution in [1.82, 2.24) is 14.9 Å². The molecule has 2 aromatic carbocycles. The molecule has 0 aliphatic rings. The minimum atomic E-state index is 0.475. The predicted octanol–water partition coefficient (Wildman–Crippen LogP) is 4.91. The first kappa shape index (κ1) is 20.4. The average molecular weight is 463 g/mol. The van der Waals surface area contributed by atoms with Gasteiger partial charge in [0.1, 0.15) is 6.61 Å². The lowest BCUT2D eigenvalue weighted by molar-refractivity contribution is 0.282. The van der Waals surface area contributed by atoms with E-state index in [2.05, 4.69) is 50.6 Å². The topological polar surface area (TPSA) is 64.1 Å². The molecule has 0 aliphatic carbocycles. The monoisotopic (exact) mass is 462 g/mol. The van der Waals surface area contributed by atoms with Gasteiger partial charge in [-0.15, -0.1) is 0 Å². The zero-order chi connectivity index (χ0) is 20.1. The van der Waals surface area contributed by atoms with Crippen LogP contribution in [0.4, 0.5) is 0 Å². The molecule has 0 radical (unpaired) electrons. The van der Waals surface area contributed by atoms with Gasteiger partial charge in [-0.3, -0.25) is 5.10 Å². The van der Waals surface area contributed by atoms with Crippen LogP contribution in [0, 0.1) is 11.7 Å². The molecule has 0 saturated heterocycles. The van der Waals surface area contributed by atoms with Gasteiger partial charge < -0.3 is 14.9 Å². The van der Waals surface area contributed by atoms with Crippen molar-refractivity contribution in [3.63, 3.8) is 0 Å². The van der Waals surface area contributed by atoms with E-state index < -0.39 is 0 Å². The Balaban J connectivity index is 1.76. The second-order valence-corrected chi connectivity index (χ2v) is 7.53. The fourth-order valence-corrected chi connectivity index (χ4v) is 3.66. The molecule has 2 N–H and O–H groups in total. The highest BCUT2D eigenvalue weighted by molar-refractivity contribution is 9.10. The van der Waals surface area contributed by atoms with Crippen molar-refractivity contribution in [1.29, 1.82) is 0 Å². The molecule has 148 valence electrons. The molecule has 3 aromatic rings. The van der Waals surface area contributed by atoms with E-state index in [9.17, 15) is 0 Å². The third kappa shape index (κ3) is 4.56. The van der Waals surface area contributed by atoms with Crippen LogP contribution in [-0.4, -0.2) is 22.0 Å². The van der Waals surface area contributed by atoms with Gasteiger partial charge in [-0.1, -0.05) is 31.2 Å². The number of rotatable bonds is 8. The van der Waals surface area contributed by atoms with Gasteiger partial charge in [0.2, 0.25) is 4.77 Å². The summed E-state index contributed by atoms with van der Waals surface area (Å²) in [6.07, 6.45) is 0.777. The number of benzene rings is 2. The van der Waals surface area contributed by atoms with Crippen molar-refractivity contribution in [2.75, 3.05) is 12.5 Å². The smallest absolute Gasteiger partial charge is 0.214 e. The van der Waals surface area contributed by atoms with Gasteiger partial charge in [-0.25, -0.2) is 4.68 Å². The Morgan fingerprint density at radius 3 is 2.79 bits per heavy atom. The zero-order valence-electron chi connectivity index (χ0n) is 16.1. The van der Waals surface area contributed by atoms with E-state index in [1.165, 1.54) is 5.56 Å². The van der Waals surface area contributed by atoms with Crippen LogP contribution in [0.2, 0.25) is 0 Å². The quantitative estimate of drug-likeness (QED) is 0.465.